The lowest BCUT2D eigenvalue weighted by Crippen LogP contribution is -2.39. The van der Waals surface area contributed by atoms with Crippen molar-refractivity contribution in [1.29, 1.82) is 0 Å². The van der Waals surface area contributed by atoms with Crippen LogP contribution in [0.4, 0.5) is 0 Å². The predicted molar refractivity (Wildman–Crippen MR) is 84.8 cm³/mol. The van der Waals surface area contributed by atoms with Crippen LogP contribution in [0.25, 0.3) is 0 Å². The van der Waals surface area contributed by atoms with Crippen molar-refractivity contribution in [2.45, 2.75) is 44.7 Å². The Morgan fingerprint density at radius 3 is 2.52 bits per heavy atom. The van der Waals surface area contributed by atoms with Gasteiger partial charge in [0.2, 0.25) is 10.0 Å². The Hall–Kier alpha value is -0.950. The SMILES string of the molecule is CCNCc1cc(S(=O)(=O)NCC(C)(C)OC)ccc1C. The summed E-state index contributed by atoms with van der Waals surface area (Å²) in [6.45, 7) is 9.39. The summed E-state index contributed by atoms with van der Waals surface area (Å²) in [5.41, 5.74) is 1.53. The van der Waals surface area contributed by atoms with Crippen molar-refractivity contribution >= 4 is 10.0 Å². The van der Waals surface area contributed by atoms with Gasteiger partial charge in [-0.25, -0.2) is 13.1 Å². The number of hydrogen-bond donors (Lipinski definition) is 2. The zero-order valence-electron chi connectivity index (χ0n) is 13.5. The van der Waals surface area contributed by atoms with Gasteiger partial charge in [0.1, 0.15) is 0 Å². The lowest BCUT2D eigenvalue weighted by Gasteiger charge is -2.23. The summed E-state index contributed by atoms with van der Waals surface area (Å²) in [4.78, 5) is 0.285. The first-order valence-corrected chi connectivity index (χ1v) is 8.55. The first kappa shape index (κ1) is 18.1. The number of sulfonamides is 1. The number of nitrogens with one attached hydrogen (secondary N) is 2. The zero-order valence-corrected chi connectivity index (χ0v) is 14.3. The highest BCUT2D eigenvalue weighted by Gasteiger charge is 2.22. The molecule has 0 aliphatic carbocycles. The second-order valence-corrected chi connectivity index (χ2v) is 7.42. The Morgan fingerprint density at radius 1 is 1.29 bits per heavy atom. The smallest absolute Gasteiger partial charge is 0.240 e. The maximum absolute atomic E-state index is 12.3. The number of rotatable bonds is 8. The molecule has 0 aromatic heterocycles. The van der Waals surface area contributed by atoms with Gasteiger partial charge < -0.3 is 10.1 Å². The molecule has 2 N–H and O–H groups in total. The Morgan fingerprint density at radius 2 is 1.95 bits per heavy atom. The molecule has 0 fully saturated rings. The van der Waals surface area contributed by atoms with Gasteiger partial charge in [-0.1, -0.05) is 13.0 Å². The Kier molecular flexibility index (Phi) is 6.34. The van der Waals surface area contributed by atoms with Crippen LogP contribution in [0.2, 0.25) is 0 Å². The molecule has 0 saturated heterocycles. The number of methoxy groups -OCH3 is 1. The van der Waals surface area contributed by atoms with Crippen molar-refractivity contribution < 1.29 is 13.2 Å². The van der Waals surface area contributed by atoms with E-state index in [1.165, 1.54) is 0 Å². The molecule has 0 aliphatic heterocycles. The molecule has 0 unspecified atom stereocenters. The Balaban J connectivity index is 2.93. The molecule has 0 heterocycles. The standard InChI is InChI=1S/C15H26N2O3S/c1-6-16-10-13-9-14(8-7-12(13)2)21(18,19)17-11-15(3,4)20-5/h7-9,16-17H,6,10-11H2,1-5H3. The van der Waals surface area contributed by atoms with Crippen LogP contribution in [0.15, 0.2) is 23.1 Å². The van der Waals surface area contributed by atoms with Gasteiger partial charge in [0.25, 0.3) is 0 Å². The fourth-order valence-electron chi connectivity index (χ4n) is 1.69. The van der Waals surface area contributed by atoms with Gasteiger partial charge in [0.05, 0.1) is 10.5 Å². The van der Waals surface area contributed by atoms with E-state index < -0.39 is 15.6 Å². The van der Waals surface area contributed by atoms with E-state index in [0.29, 0.717) is 6.54 Å². The third-order valence-corrected chi connectivity index (χ3v) is 4.84. The number of aryl methyl sites for hydroxylation is 1. The first-order valence-electron chi connectivity index (χ1n) is 7.07. The third kappa shape index (κ3) is 5.39. The Bertz CT molecular complexity index is 568. The average Bonchev–Trinajstić information content (AvgIpc) is 2.44. The van der Waals surface area contributed by atoms with Crippen molar-refractivity contribution in [3.05, 3.63) is 29.3 Å². The van der Waals surface area contributed by atoms with Crippen LogP contribution >= 0.6 is 0 Å². The second kappa shape index (κ2) is 7.35. The summed E-state index contributed by atoms with van der Waals surface area (Å²) in [6, 6.07) is 5.19. The van der Waals surface area contributed by atoms with E-state index in [2.05, 4.69) is 10.0 Å². The van der Waals surface area contributed by atoms with E-state index in [9.17, 15) is 8.42 Å². The van der Waals surface area contributed by atoms with Crippen LogP contribution in [0.3, 0.4) is 0 Å². The van der Waals surface area contributed by atoms with E-state index in [4.69, 9.17) is 4.74 Å². The number of hydrogen-bond acceptors (Lipinski definition) is 4. The molecule has 120 valence electrons. The summed E-state index contributed by atoms with van der Waals surface area (Å²) < 4.78 is 32.5. The van der Waals surface area contributed by atoms with Crippen molar-refractivity contribution in [2.75, 3.05) is 20.2 Å². The maximum atomic E-state index is 12.3. The van der Waals surface area contributed by atoms with E-state index in [0.717, 1.165) is 17.7 Å². The summed E-state index contributed by atoms with van der Waals surface area (Å²) in [7, 11) is -1.96. The molecule has 6 heteroatoms. The third-order valence-electron chi connectivity index (χ3n) is 3.44. The zero-order chi connectivity index (χ0) is 16.1. The quantitative estimate of drug-likeness (QED) is 0.768. The van der Waals surface area contributed by atoms with E-state index in [1.807, 2.05) is 33.8 Å². The molecule has 0 aliphatic rings. The maximum Gasteiger partial charge on any atom is 0.240 e. The summed E-state index contributed by atoms with van der Waals surface area (Å²) in [6.07, 6.45) is 0. The van der Waals surface area contributed by atoms with Crippen molar-refractivity contribution in [2.24, 2.45) is 0 Å². The number of ether oxygens (including phenoxy) is 1. The molecule has 0 atom stereocenters. The van der Waals surface area contributed by atoms with Crippen LogP contribution in [0.5, 0.6) is 0 Å². The molecular weight excluding hydrogens is 288 g/mol. The first-order chi connectivity index (χ1) is 9.72. The van der Waals surface area contributed by atoms with Crippen LogP contribution in [-0.4, -0.2) is 34.2 Å². The molecule has 1 aromatic rings. The molecular formula is C15H26N2O3S. The number of benzene rings is 1. The molecule has 1 rings (SSSR count). The van der Waals surface area contributed by atoms with Gasteiger partial charge >= 0.3 is 0 Å². The Labute approximate surface area is 128 Å². The van der Waals surface area contributed by atoms with Crippen molar-refractivity contribution in [3.63, 3.8) is 0 Å². The summed E-state index contributed by atoms with van der Waals surface area (Å²) in [5, 5.41) is 3.21. The van der Waals surface area contributed by atoms with Gasteiger partial charge in [-0.2, -0.15) is 0 Å². The normalized spacial score (nSPS) is 12.6. The minimum atomic E-state index is -3.53. The molecule has 5 nitrogen and oxygen atoms in total. The molecule has 0 bridgehead atoms. The summed E-state index contributed by atoms with van der Waals surface area (Å²) in [5.74, 6) is 0. The molecule has 0 radical (unpaired) electrons. The second-order valence-electron chi connectivity index (χ2n) is 5.66. The molecule has 0 amide bonds. The van der Waals surface area contributed by atoms with Crippen LogP contribution in [0, 0.1) is 6.92 Å². The lowest BCUT2D eigenvalue weighted by molar-refractivity contribution is 0.0276. The monoisotopic (exact) mass is 314 g/mol. The highest BCUT2D eigenvalue weighted by molar-refractivity contribution is 7.89. The summed E-state index contributed by atoms with van der Waals surface area (Å²) >= 11 is 0. The van der Waals surface area contributed by atoms with Crippen LogP contribution in [-0.2, 0) is 21.3 Å². The molecule has 0 spiro atoms. The van der Waals surface area contributed by atoms with E-state index in [-0.39, 0.29) is 11.4 Å². The predicted octanol–water partition coefficient (Wildman–Crippen LogP) is 1.81. The van der Waals surface area contributed by atoms with Crippen LogP contribution in [0.1, 0.15) is 31.9 Å². The largest absolute Gasteiger partial charge is 0.377 e. The van der Waals surface area contributed by atoms with Gasteiger partial charge in [0.15, 0.2) is 0 Å². The van der Waals surface area contributed by atoms with Crippen LogP contribution < -0.4 is 10.0 Å². The van der Waals surface area contributed by atoms with Crippen molar-refractivity contribution in [1.82, 2.24) is 10.0 Å². The highest BCUT2D eigenvalue weighted by atomic mass is 32.2. The minimum Gasteiger partial charge on any atom is -0.377 e. The average molecular weight is 314 g/mol. The van der Waals surface area contributed by atoms with Gasteiger partial charge in [-0.3, -0.25) is 0 Å². The highest BCUT2D eigenvalue weighted by Crippen LogP contribution is 2.16. The van der Waals surface area contributed by atoms with E-state index in [1.54, 1.807) is 19.2 Å². The van der Waals surface area contributed by atoms with Crippen molar-refractivity contribution in [3.8, 4) is 0 Å². The lowest BCUT2D eigenvalue weighted by atomic mass is 10.1. The fourth-order valence-corrected chi connectivity index (χ4v) is 2.94. The molecule has 1 aromatic carbocycles. The van der Waals surface area contributed by atoms with Gasteiger partial charge in [-0.05, 0) is 50.6 Å². The topological polar surface area (TPSA) is 67.4 Å². The molecule has 0 saturated carbocycles. The minimum absolute atomic E-state index is 0.224. The van der Waals surface area contributed by atoms with Gasteiger partial charge in [-0.15, -0.1) is 0 Å². The van der Waals surface area contributed by atoms with Gasteiger partial charge in [0, 0.05) is 20.2 Å². The molecule has 21 heavy (non-hydrogen) atoms. The van der Waals surface area contributed by atoms with E-state index >= 15 is 0 Å². The fraction of sp³-hybridized carbons (Fsp3) is 0.600.